The van der Waals surface area contributed by atoms with Gasteiger partial charge in [-0.25, -0.2) is 8.42 Å². The minimum atomic E-state index is -3.30. The first kappa shape index (κ1) is 24.7. The number of primary amides is 1. The summed E-state index contributed by atoms with van der Waals surface area (Å²) in [6.45, 7) is 3.45. The molecule has 0 radical (unpaired) electrons. The fourth-order valence-electron chi connectivity index (χ4n) is 4.09. The van der Waals surface area contributed by atoms with E-state index in [2.05, 4.69) is 9.88 Å². The molecule has 2 saturated heterocycles. The number of aromatic nitrogens is 1. The number of nitrogens with zero attached hydrogens (tertiary/aromatic N) is 3. The van der Waals surface area contributed by atoms with Crippen molar-refractivity contribution >= 4 is 44.8 Å². The van der Waals surface area contributed by atoms with Crippen molar-refractivity contribution in [3.05, 3.63) is 36.2 Å². The van der Waals surface area contributed by atoms with E-state index in [-0.39, 0.29) is 30.9 Å². The molecule has 4 rings (SSSR count). The Bertz CT molecular complexity index is 1040. The van der Waals surface area contributed by atoms with Crippen molar-refractivity contribution in [2.75, 3.05) is 56.7 Å². The zero-order valence-corrected chi connectivity index (χ0v) is 19.4. The lowest BCUT2D eigenvalue weighted by Crippen LogP contribution is -2.43. The fourth-order valence-corrected chi connectivity index (χ4v) is 5.36. The fraction of sp³-hybridized carbons (Fsp3) is 0.524. The highest BCUT2D eigenvalue weighted by Gasteiger charge is 2.26. The van der Waals surface area contributed by atoms with Gasteiger partial charge in [-0.1, -0.05) is 6.07 Å². The van der Waals surface area contributed by atoms with Gasteiger partial charge in [0.2, 0.25) is 15.9 Å². The van der Waals surface area contributed by atoms with Crippen molar-refractivity contribution in [3.63, 3.8) is 0 Å². The van der Waals surface area contributed by atoms with Crippen molar-refractivity contribution in [2.45, 2.75) is 18.9 Å². The Morgan fingerprint density at radius 2 is 1.88 bits per heavy atom. The van der Waals surface area contributed by atoms with Crippen LogP contribution in [-0.2, 0) is 19.5 Å². The van der Waals surface area contributed by atoms with Crippen molar-refractivity contribution in [3.8, 4) is 0 Å². The molecule has 2 fully saturated rings. The SMILES string of the molecule is Cl.NC(=O)c1ccc2cncc(N3CCC(OCCS(=O)(=O)N4CCOCC4)CC3)c2c1. The maximum atomic E-state index is 12.4. The Balaban J connectivity index is 0.00000289. The minimum Gasteiger partial charge on any atom is -0.379 e. The van der Waals surface area contributed by atoms with Gasteiger partial charge in [0.1, 0.15) is 0 Å². The number of ether oxygens (including phenoxy) is 2. The van der Waals surface area contributed by atoms with Crippen molar-refractivity contribution in [2.24, 2.45) is 5.73 Å². The number of carbonyl (C=O) groups is 1. The third kappa shape index (κ3) is 5.68. The summed E-state index contributed by atoms with van der Waals surface area (Å²) in [4.78, 5) is 18.1. The molecule has 0 bridgehead atoms. The average molecular weight is 485 g/mol. The summed E-state index contributed by atoms with van der Waals surface area (Å²) in [6, 6.07) is 5.38. The molecule has 0 unspecified atom stereocenters. The molecule has 2 aromatic rings. The molecule has 0 atom stereocenters. The second-order valence-electron chi connectivity index (χ2n) is 7.84. The highest BCUT2D eigenvalue weighted by molar-refractivity contribution is 7.89. The molecule has 2 aliphatic heterocycles. The number of morpholine rings is 1. The van der Waals surface area contributed by atoms with Crippen LogP contribution < -0.4 is 10.6 Å². The summed E-state index contributed by atoms with van der Waals surface area (Å²) < 4.78 is 37.4. The first-order chi connectivity index (χ1) is 14.9. The highest BCUT2D eigenvalue weighted by atomic mass is 35.5. The van der Waals surface area contributed by atoms with Crippen LogP contribution in [0.4, 0.5) is 5.69 Å². The quantitative estimate of drug-likeness (QED) is 0.631. The maximum absolute atomic E-state index is 12.4. The Morgan fingerprint density at radius 1 is 1.16 bits per heavy atom. The number of piperidine rings is 1. The van der Waals surface area contributed by atoms with E-state index in [1.165, 1.54) is 4.31 Å². The van der Waals surface area contributed by atoms with E-state index in [4.69, 9.17) is 15.2 Å². The topological polar surface area (TPSA) is 115 Å². The Morgan fingerprint density at radius 3 is 2.56 bits per heavy atom. The van der Waals surface area contributed by atoms with Gasteiger partial charge in [-0.3, -0.25) is 9.78 Å². The molecule has 0 aliphatic carbocycles. The number of hydrogen-bond acceptors (Lipinski definition) is 7. The molecule has 176 valence electrons. The van der Waals surface area contributed by atoms with Gasteiger partial charge in [0.25, 0.3) is 0 Å². The van der Waals surface area contributed by atoms with E-state index in [1.807, 2.05) is 18.3 Å². The van der Waals surface area contributed by atoms with Crippen molar-refractivity contribution in [1.29, 1.82) is 0 Å². The second kappa shape index (κ2) is 10.8. The first-order valence-corrected chi connectivity index (χ1v) is 12.1. The van der Waals surface area contributed by atoms with E-state index in [1.54, 1.807) is 12.3 Å². The van der Waals surface area contributed by atoms with Gasteiger partial charge in [-0.2, -0.15) is 4.31 Å². The van der Waals surface area contributed by atoms with E-state index < -0.39 is 15.9 Å². The summed E-state index contributed by atoms with van der Waals surface area (Å²) >= 11 is 0. The first-order valence-electron chi connectivity index (χ1n) is 10.5. The van der Waals surface area contributed by atoms with Crippen LogP contribution in [-0.4, -0.2) is 81.5 Å². The van der Waals surface area contributed by atoms with Gasteiger partial charge in [0, 0.05) is 48.7 Å². The molecule has 1 aromatic heterocycles. The van der Waals surface area contributed by atoms with Crippen LogP contribution in [0.2, 0.25) is 0 Å². The number of hydrogen-bond donors (Lipinski definition) is 1. The van der Waals surface area contributed by atoms with Gasteiger partial charge in [-0.15, -0.1) is 12.4 Å². The molecule has 9 nitrogen and oxygen atoms in total. The monoisotopic (exact) mass is 484 g/mol. The second-order valence-corrected chi connectivity index (χ2v) is 9.93. The zero-order chi connectivity index (χ0) is 21.8. The Kier molecular flexibility index (Phi) is 8.29. The number of halogens is 1. The lowest BCUT2D eigenvalue weighted by Gasteiger charge is -2.34. The number of nitrogens with two attached hydrogens (primary N) is 1. The molecule has 3 heterocycles. The lowest BCUT2D eigenvalue weighted by atomic mass is 10.0. The summed E-state index contributed by atoms with van der Waals surface area (Å²) in [7, 11) is -3.30. The number of carbonyl (C=O) groups excluding carboxylic acids is 1. The van der Waals surface area contributed by atoms with Crippen LogP contribution in [0.15, 0.2) is 30.6 Å². The van der Waals surface area contributed by atoms with Gasteiger partial charge in [0.15, 0.2) is 0 Å². The van der Waals surface area contributed by atoms with Crippen LogP contribution in [0.5, 0.6) is 0 Å². The molecule has 11 heteroatoms. The number of rotatable bonds is 7. The summed E-state index contributed by atoms with van der Waals surface area (Å²) in [6.07, 6.45) is 5.20. The number of fused-ring (bicyclic) bond motifs is 1. The van der Waals surface area contributed by atoms with Crippen LogP contribution in [0.3, 0.4) is 0 Å². The standard InChI is InChI=1S/C21H28N4O5S.ClH/c22-21(26)16-1-2-17-14-23-15-20(19(17)13-16)24-5-3-18(4-6-24)30-11-12-31(27,28)25-7-9-29-10-8-25;/h1-2,13-15,18H,3-12H2,(H2,22,26);1H. The predicted octanol–water partition coefficient (Wildman–Crippen LogP) is 1.40. The minimum absolute atomic E-state index is 0. The molecular weight excluding hydrogens is 456 g/mol. The van der Waals surface area contributed by atoms with E-state index >= 15 is 0 Å². The lowest BCUT2D eigenvalue weighted by molar-refractivity contribution is 0.0453. The third-order valence-electron chi connectivity index (χ3n) is 5.87. The van der Waals surface area contributed by atoms with E-state index in [0.717, 1.165) is 42.4 Å². The van der Waals surface area contributed by atoms with Gasteiger partial charge >= 0.3 is 0 Å². The van der Waals surface area contributed by atoms with Gasteiger partial charge < -0.3 is 20.1 Å². The number of pyridine rings is 1. The number of benzene rings is 1. The molecule has 0 spiro atoms. The average Bonchev–Trinajstić information content (AvgIpc) is 2.79. The molecule has 2 aliphatic rings. The molecule has 1 amide bonds. The van der Waals surface area contributed by atoms with Crippen molar-refractivity contribution < 1.29 is 22.7 Å². The molecule has 1 aromatic carbocycles. The normalized spacial score (nSPS) is 18.4. The number of amides is 1. The summed E-state index contributed by atoms with van der Waals surface area (Å²) in [5.41, 5.74) is 6.88. The van der Waals surface area contributed by atoms with Crippen LogP contribution in [0, 0.1) is 0 Å². The van der Waals surface area contributed by atoms with Crippen LogP contribution in [0.1, 0.15) is 23.2 Å². The molecule has 0 saturated carbocycles. The smallest absolute Gasteiger partial charge is 0.248 e. The summed E-state index contributed by atoms with van der Waals surface area (Å²) in [5.74, 6) is -0.458. The predicted molar refractivity (Wildman–Crippen MR) is 125 cm³/mol. The maximum Gasteiger partial charge on any atom is 0.248 e. The molecule has 32 heavy (non-hydrogen) atoms. The van der Waals surface area contributed by atoms with E-state index in [9.17, 15) is 13.2 Å². The van der Waals surface area contributed by atoms with Crippen LogP contribution >= 0.6 is 12.4 Å². The molecule has 2 N–H and O–H groups in total. The van der Waals surface area contributed by atoms with Gasteiger partial charge in [-0.05, 0) is 25.0 Å². The Hall–Kier alpha value is -1.98. The molecular formula is C21H29ClN4O5S. The number of anilines is 1. The van der Waals surface area contributed by atoms with Crippen LogP contribution in [0.25, 0.3) is 10.8 Å². The van der Waals surface area contributed by atoms with Crippen molar-refractivity contribution in [1.82, 2.24) is 9.29 Å². The largest absolute Gasteiger partial charge is 0.379 e. The van der Waals surface area contributed by atoms with E-state index in [0.29, 0.717) is 31.9 Å². The third-order valence-corrected chi connectivity index (χ3v) is 7.70. The van der Waals surface area contributed by atoms with Gasteiger partial charge in [0.05, 0.1) is 43.6 Å². The Labute approximate surface area is 194 Å². The highest BCUT2D eigenvalue weighted by Crippen LogP contribution is 2.29. The zero-order valence-electron chi connectivity index (χ0n) is 17.8. The number of sulfonamides is 1. The summed E-state index contributed by atoms with van der Waals surface area (Å²) in [5, 5.41) is 1.90.